The Balaban J connectivity index is 2.15. The van der Waals surface area contributed by atoms with Gasteiger partial charge in [0.2, 0.25) is 0 Å². The molecule has 0 aliphatic carbocycles. The summed E-state index contributed by atoms with van der Waals surface area (Å²) in [4.78, 5) is 7.50. The average Bonchev–Trinajstić information content (AvgIpc) is 2.56. The SMILES string of the molecule is CCSc1[nH+]c(N2CCOCC2)c2c(c1C#N)CC(C)(C)[NH+](C)C2. The van der Waals surface area contributed by atoms with Crippen molar-refractivity contribution < 1.29 is 14.6 Å². The van der Waals surface area contributed by atoms with E-state index >= 15 is 0 Å². The minimum absolute atomic E-state index is 0.149. The van der Waals surface area contributed by atoms with E-state index in [9.17, 15) is 5.26 Å². The summed E-state index contributed by atoms with van der Waals surface area (Å²) in [5.74, 6) is 2.17. The lowest BCUT2D eigenvalue weighted by Crippen LogP contribution is -3.16. The summed E-state index contributed by atoms with van der Waals surface area (Å²) in [5.41, 5.74) is 3.58. The van der Waals surface area contributed by atoms with Crippen LogP contribution in [0.25, 0.3) is 0 Å². The van der Waals surface area contributed by atoms with Gasteiger partial charge in [-0.2, -0.15) is 5.26 Å². The van der Waals surface area contributed by atoms with E-state index in [1.54, 1.807) is 11.8 Å². The fraction of sp³-hybridized carbons (Fsp3) is 0.667. The largest absolute Gasteiger partial charge is 0.373 e. The fourth-order valence-electron chi connectivity index (χ4n) is 3.59. The van der Waals surface area contributed by atoms with E-state index in [0.717, 1.165) is 55.6 Å². The van der Waals surface area contributed by atoms with Gasteiger partial charge in [0.25, 0.3) is 5.82 Å². The summed E-state index contributed by atoms with van der Waals surface area (Å²) in [6.07, 6.45) is 0.945. The van der Waals surface area contributed by atoms with Gasteiger partial charge >= 0.3 is 0 Å². The van der Waals surface area contributed by atoms with Crippen LogP contribution in [-0.2, 0) is 17.7 Å². The van der Waals surface area contributed by atoms with Crippen LogP contribution in [0.3, 0.4) is 0 Å². The number of likely N-dealkylation sites (N-methyl/N-ethyl adjacent to an activating group) is 1. The standard InChI is InChI=1S/C18H26N4OS/c1-5-24-17-14(11-19)13-10-18(2,3)21(4)12-15(13)16(20-17)22-6-8-23-9-7-22/h5-10,12H2,1-4H3/p+2. The summed E-state index contributed by atoms with van der Waals surface area (Å²) in [5, 5.41) is 10.8. The van der Waals surface area contributed by atoms with Crippen LogP contribution in [0, 0.1) is 11.3 Å². The molecular formula is C18H28N4OS+2. The van der Waals surface area contributed by atoms with Crippen LogP contribution in [0.15, 0.2) is 5.03 Å². The molecule has 1 aromatic heterocycles. The maximum Gasteiger partial charge on any atom is 0.284 e. The van der Waals surface area contributed by atoms with Gasteiger partial charge in [-0.15, -0.1) is 0 Å². The van der Waals surface area contributed by atoms with Gasteiger partial charge in [0, 0.05) is 6.42 Å². The number of nitrogens with zero attached hydrogens (tertiary/aromatic N) is 2. The number of pyridine rings is 1. The van der Waals surface area contributed by atoms with Gasteiger partial charge < -0.3 is 9.64 Å². The van der Waals surface area contributed by atoms with Crippen molar-refractivity contribution >= 4 is 17.6 Å². The zero-order chi connectivity index (χ0) is 17.3. The Labute approximate surface area is 149 Å². The number of hydrogen-bond acceptors (Lipinski definition) is 4. The highest BCUT2D eigenvalue weighted by molar-refractivity contribution is 7.99. The molecule has 0 aromatic carbocycles. The first-order valence-corrected chi connectivity index (χ1v) is 9.76. The van der Waals surface area contributed by atoms with Gasteiger partial charge in [-0.25, -0.2) is 4.98 Å². The second kappa shape index (κ2) is 6.91. The summed E-state index contributed by atoms with van der Waals surface area (Å²) in [7, 11) is 2.26. The Hall–Kier alpha value is -1.29. The predicted molar refractivity (Wildman–Crippen MR) is 95.5 cm³/mol. The molecule has 5 nitrogen and oxygen atoms in total. The number of fused-ring (bicyclic) bond motifs is 1. The number of aromatic amines is 1. The molecule has 1 unspecified atom stereocenters. The van der Waals surface area contributed by atoms with Crippen molar-refractivity contribution in [2.45, 2.75) is 44.3 Å². The molecule has 130 valence electrons. The van der Waals surface area contributed by atoms with Crippen LogP contribution in [0.2, 0.25) is 0 Å². The van der Waals surface area contributed by atoms with E-state index in [1.807, 2.05) is 0 Å². The van der Waals surface area contributed by atoms with Crippen molar-refractivity contribution in [3.05, 3.63) is 16.7 Å². The molecule has 2 aliphatic heterocycles. The molecule has 1 atom stereocenters. The molecule has 6 heteroatoms. The zero-order valence-corrected chi connectivity index (χ0v) is 16.0. The number of ether oxygens (including phenoxy) is 1. The zero-order valence-electron chi connectivity index (χ0n) is 15.2. The van der Waals surface area contributed by atoms with Gasteiger partial charge in [0.05, 0.1) is 25.8 Å². The number of anilines is 1. The number of aromatic nitrogens is 1. The van der Waals surface area contributed by atoms with E-state index in [-0.39, 0.29) is 5.54 Å². The second-order valence-corrected chi connectivity index (χ2v) is 8.57. The molecule has 0 radical (unpaired) electrons. The van der Waals surface area contributed by atoms with Gasteiger partial charge in [-0.1, -0.05) is 18.7 Å². The summed E-state index contributed by atoms with van der Waals surface area (Å²) >= 11 is 1.74. The summed E-state index contributed by atoms with van der Waals surface area (Å²) in [6.45, 7) is 11.0. The molecule has 1 fully saturated rings. The second-order valence-electron chi connectivity index (χ2n) is 7.30. The monoisotopic (exact) mass is 348 g/mol. The molecule has 3 rings (SSSR count). The molecule has 0 bridgehead atoms. The molecule has 1 aromatic rings. The van der Waals surface area contributed by atoms with Crippen LogP contribution in [-0.4, -0.2) is 44.6 Å². The Morgan fingerprint density at radius 3 is 2.67 bits per heavy atom. The van der Waals surface area contributed by atoms with Crippen LogP contribution in [0.4, 0.5) is 5.82 Å². The van der Waals surface area contributed by atoms with E-state index in [1.165, 1.54) is 21.8 Å². The van der Waals surface area contributed by atoms with Crippen molar-refractivity contribution in [1.29, 1.82) is 5.26 Å². The van der Waals surface area contributed by atoms with Crippen molar-refractivity contribution in [2.75, 3.05) is 44.0 Å². The molecule has 2 N–H and O–H groups in total. The molecule has 0 saturated carbocycles. The quantitative estimate of drug-likeness (QED) is 0.816. The Kier molecular flexibility index (Phi) is 5.05. The number of thioether (sulfide) groups is 1. The lowest BCUT2D eigenvalue weighted by molar-refractivity contribution is -0.945. The van der Waals surface area contributed by atoms with Crippen LogP contribution in [0.1, 0.15) is 37.5 Å². The maximum absolute atomic E-state index is 9.81. The van der Waals surface area contributed by atoms with Crippen molar-refractivity contribution in [3.8, 4) is 6.07 Å². The first kappa shape index (κ1) is 17.5. The number of H-pyrrole nitrogens is 1. The van der Waals surface area contributed by atoms with E-state index < -0.39 is 0 Å². The third kappa shape index (κ3) is 3.13. The number of nitriles is 1. The molecule has 0 amide bonds. The van der Waals surface area contributed by atoms with Gasteiger partial charge in [0.1, 0.15) is 36.8 Å². The molecular weight excluding hydrogens is 320 g/mol. The topological polar surface area (TPSA) is 54.8 Å². The van der Waals surface area contributed by atoms with Crippen molar-refractivity contribution in [1.82, 2.24) is 0 Å². The van der Waals surface area contributed by atoms with Crippen molar-refractivity contribution in [2.24, 2.45) is 0 Å². The van der Waals surface area contributed by atoms with Gasteiger partial charge in [-0.3, -0.25) is 4.90 Å². The number of nitrogens with one attached hydrogen (secondary N) is 2. The minimum atomic E-state index is 0.149. The lowest BCUT2D eigenvalue weighted by Gasteiger charge is -2.38. The fourth-order valence-corrected chi connectivity index (χ4v) is 4.36. The maximum atomic E-state index is 9.81. The van der Waals surface area contributed by atoms with Gasteiger partial charge in [-0.05, 0) is 25.2 Å². The van der Waals surface area contributed by atoms with Crippen LogP contribution >= 0.6 is 11.8 Å². The predicted octanol–water partition coefficient (Wildman–Crippen LogP) is 0.670. The molecule has 2 aliphatic rings. The van der Waals surface area contributed by atoms with Gasteiger partial charge in [0.15, 0.2) is 5.03 Å². The highest BCUT2D eigenvalue weighted by Crippen LogP contribution is 2.32. The first-order chi connectivity index (χ1) is 11.5. The van der Waals surface area contributed by atoms with E-state index in [4.69, 9.17) is 4.74 Å². The number of rotatable bonds is 3. The highest BCUT2D eigenvalue weighted by atomic mass is 32.2. The third-order valence-electron chi connectivity index (χ3n) is 5.35. The molecule has 24 heavy (non-hydrogen) atoms. The Morgan fingerprint density at radius 2 is 2.04 bits per heavy atom. The lowest BCUT2D eigenvalue weighted by atomic mass is 9.84. The molecule has 0 spiro atoms. The summed E-state index contributed by atoms with van der Waals surface area (Å²) in [6, 6.07) is 2.49. The van der Waals surface area contributed by atoms with Crippen LogP contribution < -0.4 is 14.8 Å². The Bertz CT molecular complexity index is 662. The normalized spacial score (nSPS) is 22.8. The summed E-state index contributed by atoms with van der Waals surface area (Å²) < 4.78 is 5.52. The third-order valence-corrected chi connectivity index (χ3v) is 6.24. The first-order valence-electron chi connectivity index (χ1n) is 8.77. The smallest absolute Gasteiger partial charge is 0.284 e. The number of quaternary nitrogens is 1. The number of hydrogen-bond donors (Lipinski definition) is 1. The van der Waals surface area contributed by atoms with E-state index in [2.05, 4.69) is 43.8 Å². The van der Waals surface area contributed by atoms with Crippen LogP contribution in [0.5, 0.6) is 0 Å². The minimum Gasteiger partial charge on any atom is -0.373 e. The van der Waals surface area contributed by atoms with E-state index in [0.29, 0.717) is 0 Å². The molecule has 1 saturated heterocycles. The molecule has 3 heterocycles. The highest BCUT2D eigenvalue weighted by Gasteiger charge is 2.41. The average molecular weight is 349 g/mol. The van der Waals surface area contributed by atoms with Crippen molar-refractivity contribution in [3.63, 3.8) is 0 Å². The Morgan fingerprint density at radius 1 is 1.33 bits per heavy atom. The number of morpholine rings is 1.